The van der Waals surface area contributed by atoms with Crippen molar-refractivity contribution in [2.75, 3.05) is 6.54 Å². The van der Waals surface area contributed by atoms with Crippen LogP contribution < -0.4 is 5.32 Å². The largest absolute Gasteiger partial charge is 0.312 e. The third kappa shape index (κ3) is 2.25. The molecule has 0 bridgehead atoms. The second kappa shape index (κ2) is 4.76. The molecule has 1 aliphatic rings. The molecule has 0 atom stereocenters. The van der Waals surface area contributed by atoms with E-state index >= 15 is 0 Å². The van der Waals surface area contributed by atoms with E-state index in [1.807, 2.05) is 0 Å². The minimum Gasteiger partial charge on any atom is -0.312 e. The van der Waals surface area contributed by atoms with Crippen LogP contribution in [0.25, 0.3) is 0 Å². The van der Waals surface area contributed by atoms with E-state index in [2.05, 4.69) is 36.3 Å². The van der Waals surface area contributed by atoms with E-state index in [0.29, 0.717) is 5.92 Å². The van der Waals surface area contributed by atoms with Gasteiger partial charge in [0.2, 0.25) is 0 Å². The zero-order valence-electron chi connectivity index (χ0n) is 8.71. The van der Waals surface area contributed by atoms with Crippen molar-refractivity contribution >= 4 is 12.4 Å². The smallest absolute Gasteiger partial charge is 0.0464 e. The molecule has 0 amide bonds. The normalized spacial score (nSPS) is 14.8. The average molecular weight is 213 g/mol. The summed E-state index contributed by atoms with van der Waals surface area (Å²) in [6.07, 6.45) is 1.08. The van der Waals surface area contributed by atoms with E-state index in [9.17, 15) is 0 Å². The Morgan fingerprint density at radius 1 is 1.36 bits per heavy atom. The molecule has 14 heavy (non-hydrogen) atoms. The Morgan fingerprint density at radius 2 is 2.14 bits per heavy atom. The maximum atomic E-state index is 4.67. The van der Waals surface area contributed by atoms with Crippen LogP contribution in [-0.2, 0) is 13.0 Å². The molecular formula is C11H17ClN2. The van der Waals surface area contributed by atoms with E-state index < -0.39 is 0 Å². The number of nitrogens with zero attached hydrogens (tertiary/aromatic N) is 1. The van der Waals surface area contributed by atoms with Gasteiger partial charge in [0.15, 0.2) is 0 Å². The summed E-state index contributed by atoms with van der Waals surface area (Å²) in [4.78, 5) is 4.67. The first-order chi connectivity index (χ1) is 6.27. The molecule has 1 N–H and O–H groups in total. The molecule has 1 aromatic rings. The average Bonchev–Trinajstić information content (AvgIpc) is 2.17. The van der Waals surface area contributed by atoms with Crippen molar-refractivity contribution in [2.45, 2.75) is 32.7 Å². The number of halogens is 1. The molecule has 3 heteroatoms. The SMILES string of the molecule is CC(C)c1ccc2c(n1)CCNC2.Cl. The summed E-state index contributed by atoms with van der Waals surface area (Å²) in [6.45, 7) is 6.44. The Bertz CT molecular complexity index is 310. The van der Waals surface area contributed by atoms with E-state index in [4.69, 9.17) is 0 Å². The molecule has 0 radical (unpaired) electrons. The predicted octanol–water partition coefficient (Wildman–Crippen LogP) is 2.27. The van der Waals surface area contributed by atoms with Crippen molar-refractivity contribution in [2.24, 2.45) is 0 Å². The van der Waals surface area contributed by atoms with Crippen molar-refractivity contribution < 1.29 is 0 Å². The van der Waals surface area contributed by atoms with E-state index in [-0.39, 0.29) is 12.4 Å². The molecule has 0 unspecified atom stereocenters. The first kappa shape index (κ1) is 11.5. The first-order valence-corrected chi connectivity index (χ1v) is 4.97. The highest BCUT2D eigenvalue weighted by Crippen LogP contribution is 2.17. The lowest BCUT2D eigenvalue weighted by molar-refractivity contribution is 0.623. The maximum Gasteiger partial charge on any atom is 0.0464 e. The molecular weight excluding hydrogens is 196 g/mol. The maximum absolute atomic E-state index is 4.67. The van der Waals surface area contributed by atoms with Gasteiger partial charge in [-0.05, 0) is 17.5 Å². The molecule has 0 aliphatic carbocycles. The van der Waals surface area contributed by atoms with E-state index in [1.54, 1.807) is 0 Å². The molecule has 1 aliphatic heterocycles. The number of aromatic nitrogens is 1. The van der Waals surface area contributed by atoms with Crippen LogP contribution >= 0.6 is 12.4 Å². The number of nitrogens with one attached hydrogen (secondary N) is 1. The van der Waals surface area contributed by atoms with Crippen molar-refractivity contribution in [3.8, 4) is 0 Å². The number of hydrogen-bond acceptors (Lipinski definition) is 2. The predicted molar refractivity (Wildman–Crippen MR) is 61.0 cm³/mol. The van der Waals surface area contributed by atoms with Crippen molar-refractivity contribution in [3.63, 3.8) is 0 Å². The monoisotopic (exact) mass is 212 g/mol. The summed E-state index contributed by atoms with van der Waals surface area (Å²) in [5, 5.41) is 3.35. The van der Waals surface area contributed by atoms with Gasteiger partial charge in [0.1, 0.15) is 0 Å². The van der Waals surface area contributed by atoms with Gasteiger partial charge in [-0.25, -0.2) is 0 Å². The van der Waals surface area contributed by atoms with Crippen LogP contribution in [-0.4, -0.2) is 11.5 Å². The summed E-state index contributed by atoms with van der Waals surface area (Å²) >= 11 is 0. The van der Waals surface area contributed by atoms with Gasteiger partial charge in [0.05, 0.1) is 0 Å². The highest BCUT2D eigenvalue weighted by Gasteiger charge is 2.11. The van der Waals surface area contributed by atoms with Crippen LogP contribution in [0.15, 0.2) is 12.1 Å². The topological polar surface area (TPSA) is 24.9 Å². The van der Waals surface area contributed by atoms with Crippen LogP contribution in [0.1, 0.15) is 36.7 Å². The summed E-state index contributed by atoms with van der Waals surface area (Å²) in [7, 11) is 0. The fourth-order valence-corrected chi connectivity index (χ4v) is 1.68. The standard InChI is InChI=1S/C11H16N2.ClH/c1-8(2)10-4-3-9-7-12-6-5-11(9)13-10;/h3-4,8,12H,5-7H2,1-2H3;1H. The Morgan fingerprint density at radius 3 is 2.86 bits per heavy atom. The summed E-state index contributed by atoms with van der Waals surface area (Å²) in [6, 6.07) is 4.36. The zero-order chi connectivity index (χ0) is 9.26. The second-order valence-corrected chi connectivity index (χ2v) is 3.92. The number of pyridine rings is 1. The molecule has 0 saturated heterocycles. The lowest BCUT2D eigenvalue weighted by atomic mass is 10.0. The Hall–Kier alpha value is -0.600. The molecule has 0 saturated carbocycles. The third-order valence-electron chi connectivity index (χ3n) is 2.54. The van der Waals surface area contributed by atoms with Gasteiger partial charge in [-0.1, -0.05) is 19.9 Å². The van der Waals surface area contributed by atoms with Gasteiger partial charge in [-0.15, -0.1) is 12.4 Å². The summed E-state index contributed by atoms with van der Waals surface area (Å²) in [5.41, 5.74) is 3.89. The quantitative estimate of drug-likeness (QED) is 0.773. The molecule has 78 valence electrons. The number of hydrogen-bond donors (Lipinski definition) is 1. The highest BCUT2D eigenvalue weighted by molar-refractivity contribution is 5.85. The van der Waals surface area contributed by atoms with Crippen LogP contribution in [0.3, 0.4) is 0 Å². The van der Waals surface area contributed by atoms with Crippen molar-refractivity contribution in [1.29, 1.82) is 0 Å². The molecule has 0 fully saturated rings. The van der Waals surface area contributed by atoms with Gasteiger partial charge in [-0.2, -0.15) is 0 Å². The minimum absolute atomic E-state index is 0. The lowest BCUT2D eigenvalue weighted by Gasteiger charge is -2.17. The van der Waals surface area contributed by atoms with Gasteiger partial charge >= 0.3 is 0 Å². The molecule has 1 aromatic heterocycles. The molecule has 2 nitrogen and oxygen atoms in total. The number of rotatable bonds is 1. The molecule has 2 rings (SSSR count). The molecule has 0 spiro atoms. The summed E-state index contributed by atoms with van der Waals surface area (Å²) < 4.78 is 0. The van der Waals surface area contributed by atoms with Crippen molar-refractivity contribution in [1.82, 2.24) is 10.3 Å². The van der Waals surface area contributed by atoms with Gasteiger partial charge in [-0.3, -0.25) is 4.98 Å². The molecule has 2 heterocycles. The van der Waals surface area contributed by atoms with Crippen LogP contribution in [0.2, 0.25) is 0 Å². The Balaban J connectivity index is 0.000000980. The Kier molecular flexibility index (Phi) is 3.90. The first-order valence-electron chi connectivity index (χ1n) is 4.97. The third-order valence-corrected chi connectivity index (χ3v) is 2.54. The van der Waals surface area contributed by atoms with Crippen LogP contribution in [0, 0.1) is 0 Å². The Labute approximate surface area is 91.5 Å². The highest BCUT2D eigenvalue weighted by atomic mass is 35.5. The lowest BCUT2D eigenvalue weighted by Crippen LogP contribution is -2.24. The molecule has 0 aromatic carbocycles. The van der Waals surface area contributed by atoms with Gasteiger partial charge < -0.3 is 5.32 Å². The fraction of sp³-hybridized carbons (Fsp3) is 0.545. The zero-order valence-corrected chi connectivity index (χ0v) is 9.53. The van der Waals surface area contributed by atoms with E-state index in [1.165, 1.54) is 17.0 Å². The van der Waals surface area contributed by atoms with Crippen molar-refractivity contribution in [3.05, 3.63) is 29.1 Å². The van der Waals surface area contributed by atoms with Gasteiger partial charge in [0, 0.05) is 30.9 Å². The number of fused-ring (bicyclic) bond motifs is 1. The van der Waals surface area contributed by atoms with Crippen LogP contribution in [0.5, 0.6) is 0 Å². The second-order valence-electron chi connectivity index (χ2n) is 3.92. The summed E-state index contributed by atoms with van der Waals surface area (Å²) in [5.74, 6) is 0.542. The van der Waals surface area contributed by atoms with Crippen LogP contribution in [0.4, 0.5) is 0 Å². The fourth-order valence-electron chi connectivity index (χ4n) is 1.68. The van der Waals surface area contributed by atoms with Gasteiger partial charge in [0.25, 0.3) is 0 Å². The van der Waals surface area contributed by atoms with E-state index in [0.717, 1.165) is 19.5 Å². The minimum atomic E-state index is 0.